The number of rotatable bonds is 3. The standard InChI is InChI=1S/C21H23N5O3/c1-13-12-14(6-9-17(13)26-10-4-5-11-26)22-19(27)16-8-7-15-18(23-16)24(2)21(29)25(3)20(15)28/h6-9,12H,4-5,10-11H2,1-3H3,(H,22,27). The fraction of sp³-hybridized carbons (Fsp3) is 0.333. The first-order valence-corrected chi connectivity index (χ1v) is 9.60. The minimum atomic E-state index is -0.485. The predicted octanol–water partition coefficient (Wildman–Crippen LogP) is 1.79. The number of hydrogen-bond donors (Lipinski definition) is 1. The first kappa shape index (κ1) is 18.9. The molecule has 150 valence electrons. The number of anilines is 2. The largest absolute Gasteiger partial charge is 0.371 e. The lowest BCUT2D eigenvalue weighted by Crippen LogP contribution is -2.37. The summed E-state index contributed by atoms with van der Waals surface area (Å²) in [5.41, 5.74) is 2.37. The number of aryl methyl sites for hydroxylation is 2. The number of aromatic nitrogens is 3. The molecule has 1 saturated heterocycles. The molecular weight excluding hydrogens is 370 g/mol. The van der Waals surface area contributed by atoms with Crippen molar-refractivity contribution in [2.24, 2.45) is 14.1 Å². The van der Waals surface area contributed by atoms with Gasteiger partial charge in [-0.15, -0.1) is 0 Å². The van der Waals surface area contributed by atoms with Crippen LogP contribution in [0.15, 0.2) is 39.9 Å². The molecule has 8 nitrogen and oxygen atoms in total. The van der Waals surface area contributed by atoms with Gasteiger partial charge < -0.3 is 10.2 Å². The molecule has 0 bridgehead atoms. The fourth-order valence-corrected chi connectivity index (χ4v) is 3.82. The van der Waals surface area contributed by atoms with E-state index < -0.39 is 17.2 Å². The Balaban J connectivity index is 1.63. The third kappa shape index (κ3) is 3.30. The Morgan fingerprint density at radius 2 is 1.76 bits per heavy atom. The molecule has 1 aromatic carbocycles. The second-order valence-electron chi connectivity index (χ2n) is 7.42. The molecule has 1 fully saturated rings. The number of pyridine rings is 1. The second-order valence-corrected chi connectivity index (χ2v) is 7.42. The molecular formula is C21H23N5O3. The van der Waals surface area contributed by atoms with Crippen LogP contribution in [0.4, 0.5) is 11.4 Å². The van der Waals surface area contributed by atoms with E-state index in [1.54, 1.807) is 0 Å². The minimum Gasteiger partial charge on any atom is -0.371 e. The monoisotopic (exact) mass is 393 g/mol. The van der Waals surface area contributed by atoms with Gasteiger partial charge in [0.05, 0.1) is 5.39 Å². The van der Waals surface area contributed by atoms with Crippen LogP contribution in [0, 0.1) is 6.92 Å². The van der Waals surface area contributed by atoms with Crippen molar-refractivity contribution < 1.29 is 4.79 Å². The molecule has 0 atom stereocenters. The number of nitrogens with zero attached hydrogens (tertiary/aromatic N) is 4. The number of fused-ring (bicyclic) bond motifs is 1. The lowest BCUT2D eigenvalue weighted by atomic mass is 10.1. The molecule has 3 heterocycles. The topological polar surface area (TPSA) is 89.2 Å². The van der Waals surface area contributed by atoms with Crippen molar-refractivity contribution >= 4 is 28.3 Å². The molecule has 1 N–H and O–H groups in total. The van der Waals surface area contributed by atoms with E-state index in [2.05, 4.69) is 15.2 Å². The summed E-state index contributed by atoms with van der Waals surface area (Å²) < 4.78 is 2.29. The maximum Gasteiger partial charge on any atom is 0.332 e. The quantitative estimate of drug-likeness (QED) is 0.733. The highest BCUT2D eigenvalue weighted by Gasteiger charge is 2.16. The van der Waals surface area contributed by atoms with E-state index in [4.69, 9.17) is 0 Å². The van der Waals surface area contributed by atoms with E-state index >= 15 is 0 Å². The molecule has 1 amide bonds. The van der Waals surface area contributed by atoms with Crippen LogP contribution in [0.25, 0.3) is 11.0 Å². The van der Waals surface area contributed by atoms with Crippen LogP contribution in [0.3, 0.4) is 0 Å². The minimum absolute atomic E-state index is 0.141. The van der Waals surface area contributed by atoms with Crippen molar-refractivity contribution in [3.63, 3.8) is 0 Å². The van der Waals surface area contributed by atoms with Gasteiger partial charge in [-0.05, 0) is 55.7 Å². The molecule has 4 rings (SSSR count). The number of benzene rings is 1. The highest BCUT2D eigenvalue weighted by Crippen LogP contribution is 2.26. The number of carbonyl (C=O) groups is 1. The van der Waals surface area contributed by atoms with Gasteiger partial charge in [0, 0.05) is 38.6 Å². The molecule has 0 saturated carbocycles. The molecule has 0 unspecified atom stereocenters. The van der Waals surface area contributed by atoms with E-state index in [0.717, 1.165) is 23.2 Å². The second kappa shape index (κ2) is 7.20. The van der Waals surface area contributed by atoms with Crippen molar-refractivity contribution in [3.05, 3.63) is 62.4 Å². The van der Waals surface area contributed by atoms with Crippen molar-refractivity contribution in [3.8, 4) is 0 Å². The van der Waals surface area contributed by atoms with Gasteiger partial charge in [0.2, 0.25) is 0 Å². The average Bonchev–Trinajstić information content (AvgIpc) is 3.24. The summed E-state index contributed by atoms with van der Waals surface area (Å²) in [6.07, 6.45) is 2.41. The Labute approximate surface area is 167 Å². The van der Waals surface area contributed by atoms with Crippen molar-refractivity contribution in [2.45, 2.75) is 19.8 Å². The smallest absolute Gasteiger partial charge is 0.332 e. The summed E-state index contributed by atoms with van der Waals surface area (Å²) in [6.45, 7) is 4.15. The molecule has 29 heavy (non-hydrogen) atoms. The van der Waals surface area contributed by atoms with Gasteiger partial charge in [-0.2, -0.15) is 0 Å². The van der Waals surface area contributed by atoms with E-state index in [0.29, 0.717) is 5.69 Å². The van der Waals surface area contributed by atoms with E-state index in [9.17, 15) is 14.4 Å². The summed E-state index contributed by atoms with van der Waals surface area (Å²) >= 11 is 0. The molecule has 1 aliphatic rings. The maximum atomic E-state index is 12.7. The first-order chi connectivity index (χ1) is 13.9. The van der Waals surface area contributed by atoms with Crippen LogP contribution in [0.2, 0.25) is 0 Å². The van der Waals surface area contributed by atoms with Crippen LogP contribution >= 0.6 is 0 Å². The maximum absolute atomic E-state index is 12.7. The highest BCUT2D eigenvalue weighted by atomic mass is 16.2. The summed E-state index contributed by atoms with van der Waals surface area (Å²) in [7, 11) is 2.94. The van der Waals surface area contributed by atoms with Gasteiger partial charge in [0.25, 0.3) is 11.5 Å². The van der Waals surface area contributed by atoms with Crippen LogP contribution < -0.4 is 21.5 Å². The van der Waals surface area contributed by atoms with Gasteiger partial charge in [-0.3, -0.25) is 18.7 Å². The Kier molecular flexibility index (Phi) is 4.70. The summed E-state index contributed by atoms with van der Waals surface area (Å²) in [4.78, 5) is 43.7. The van der Waals surface area contributed by atoms with Crippen LogP contribution in [-0.4, -0.2) is 33.1 Å². The van der Waals surface area contributed by atoms with E-state index in [-0.39, 0.29) is 16.7 Å². The Bertz CT molecular complexity index is 1240. The molecule has 1 aliphatic heterocycles. The lowest BCUT2D eigenvalue weighted by Gasteiger charge is -2.20. The molecule has 0 aliphatic carbocycles. The number of amides is 1. The van der Waals surface area contributed by atoms with E-state index in [1.165, 1.54) is 49.3 Å². The van der Waals surface area contributed by atoms with Crippen molar-refractivity contribution in [1.29, 1.82) is 0 Å². The zero-order valence-electron chi connectivity index (χ0n) is 16.7. The third-order valence-corrected chi connectivity index (χ3v) is 5.44. The Morgan fingerprint density at radius 1 is 1.03 bits per heavy atom. The predicted molar refractivity (Wildman–Crippen MR) is 113 cm³/mol. The molecule has 0 radical (unpaired) electrons. The van der Waals surface area contributed by atoms with Gasteiger partial charge in [-0.1, -0.05) is 0 Å². The zero-order valence-corrected chi connectivity index (χ0v) is 16.7. The Hall–Kier alpha value is -3.42. The number of hydrogen-bond acceptors (Lipinski definition) is 5. The number of nitrogens with one attached hydrogen (secondary N) is 1. The normalized spacial score (nSPS) is 13.8. The summed E-state index contributed by atoms with van der Waals surface area (Å²) in [6, 6.07) is 8.87. The molecule has 0 spiro atoms. The van der Waals surface area contributed by atoms with Crippen molar-refractivity contribution in [1.82, 2.24) is 14.1 Å². The van der Waals surface area contributed by atoms with Gasteiger partial charge in [-0.25, -0.2) is 9.78 Å². The van der Waals surface area contributed by atoms with Crippen molar-refractivity contribution in [2.75, 3.05) is 23.3 Å². The number of carbonyl (C=O) groups excluding carboxylic acids is 1. The zero-order chi connectivity index (χ0) is 20.7. The highest BCUT2D eigenvalue weighted by molar-refractivity contribution is 6.04. The van der Waals surface area contributed by atoms with Crippen LogP contribution in [-0.2, 0) is 14.1 Å². The van der Waals surface area contributed by atoms with Crippen LogP contribution in [0.5, 0.6) is 0 Å². The first-order valence-electron chi connectivity index (χ1n) is 9.60. The van der Waals surface area contributed by atoms with Gasteiger partial charge >= 0.3 is 5.69 Å². The molecule has 8 heteroatoms. The Morgan fingerprint density at radius 3 is 2.45 bits per heavy atom. The fourth-order valence-electron chi connectivity index (χ4n) is 3.82. The summed E-state index contributed by atoms with van der Waals surface area (Å²) in [5, 5.41) is 3.14. The van der Waals surface area contributed by atoms with Gasteiger partial charge in [0.15, 0.2) is 0 Å². The SMILES string of the molecule is Cc1cc(NC(=O)c2ccc3c(=O)n(C)c(=O)n(C)c3n2)ccc1N1CCCC1. The molecule has 2 aromatic heterocycles. The van der Waals surface area contributed by atoms with E-state index in [1.807, 2.05) is 25.1 Å². The lowest BCUT2D eigenvalue weighted by molar-refractivity contribution is 0.102. The van der Waals surface area contributed by atoms with Crippen LogP contribution in [0.1, 0.15) is 28.9 Å². The third-order valence-electron chi connectivity index (χ3n) is 5.44. The van der Waals surface area contributed by atoms with Gasteiger partial charge in [0.1, 0.15) is 11.3 Å². The molecule has 3 aromatic rings. The summed E-state index contributed by atoms with van der Waals surface area (Å²) in [5.74, 6) is -0.395. The average molecular weight is 393 g/mol.